The third-order valence-electron chi connectivity index (χ3n) is 4.41. The minimum Gasteiger partial charge on any atom is -0.334 e. The number of carbonyl (C=O) groups is 1. The highest BCUT2D eigenvalue weighted by Crippen LogP contribution is 2.34. The molecule has 1 saturated heterocycles. The molecule has 1 aliphatic rings. The molecule has 4 rings (SSSR count). The zero-order valence-corrected chi connectivity index (χ0v) is 14.4. The van der Waals surface area contributed by atoms with Gasteiger partial charge in [0.1, 0.15) is 0 Å². The van der Waals surface area contributed by atoms with Crippen molar-refractivity contribution in [3.05, 3.63) is 64.9 Å². The summed E-state index contributed by atoms with van der Waals surface area (Å²) in [6, 6.07) is 15.2. The van der Waals surface area contributed by atoms with Gasteiger partial charge in [-0.25, -0.2) is 0 Å². The summed E-state index contributed by atoms with van der Waals surface area (Å²) >= 11 is 6.09. The number of nitrogens with zero attached hydrogens (tertiary/aromatic N) is 3. The van der Waals surface area contributed by atoms with Crippen molar-refractivity contribution >= 4 is 23.2 Å². The van der Waals surface area contributed by atoms with E-state index >= 15 is 0 Å². The number of carbonyl (C=O) groups excluding carboxylic acids is 1. The van der Waals surface area contributed by atoms with Crippen molar-refractivity contribution in [2.24, 2.45) is 0 Å². The van der Waals surface area contributed by atoms with E-state index in [1.165, 1.54) is 0 Å². The Bertz CT molecular complexity index is 923. The third kappa shape index (κ3) is 3.03. The van der Waals surface area contributed by atoms with Crippen molar-refractivity contribution in [1.82, 2.24) is 10.1 Å². The number of benzene rings is 2. The molecule has 1 unspecified atom stereocenters. The van der Waals surface area contributed by atoms with E-state index in [0.29, 0.717) is 29.7 Å². The van der Waals surface area contributed by atoms with Crippen LogP contribution in [0.15, 0.2) is 53.1 Å². The second-order valence-electron chi connectivity index (χ2n) is 6.16. The molecule has 1 fully saturated rings. The lowest BCUT2D eigenvalue weighted by Gasteiger charge is -2.19. The van der Waals surface area contributed by atoms with E-state index in [-0.39, 0.29) is 11.8 Å². The molecule has 0 N–H and O–H groups in total. The second kappa shape index (κ2) is 6.33. The van der Waals surface area contributed by atoms with Crippen molar-refractivity contribution in [2.45, 2.75) is 19.3 Å². The fourth-order valence-electron chi connectivity index (χ4n) is 3.09. The Balaban J connectivity index is 1.59. The highest BCUT2D eigenvalue weighted by molar-refractivity contribution is 6.31. The maximum Gasteiger partial charge on any atom is 0.257 e. The van der Waals surface area contributed by atoms with Gasteiger partial charge in [-0.1, -0.05) is 41.0 Å². The topological polar surface area (TPSA) is 59.2 Å². The molecule has 3 aromatic rings. The zero-order valence-electron chi connectivity index (χ0n) is 13.6. The number of aromatic nitrogens is 2. The van der Waals surface area contributed by atoms with E-state index in [1.807, 2.05) is 55.5 Å². The van der Waals surface area contributed by atoms with E-state index < -0.39 is 0 Å². The average Bonchev–Trinajstić information content (AvgIpc) is 3.25. The van der Waals surface area contributed by atoms with Gasteiger partial charge >= 0.3 is 0 Å². The SMILES string of the molecule is Cc1ccc(Cl)cc1N1CC(c2noc(-c3ccccc3)n2)CC1=O. The number of anilines is 1. The molecule has 5 nitrogen and oxygen atoms in total. The Kier molecular flexibility index (Phi) is 4.01. The minimum atomic E-state index is -0.0907. The highest BCUT2D eigenvalue weighted by atomic mass is 35.5. The molecule has 0 aliphatic carbocycles. The molecule has 1 aliphatic heterocycles. The Morgan fingerprint density at radius 3 is 2.80 bits per heavy atom. The van der Waals surface area contributed by atoms with E-state index in [4.69, 9.17) is 16.1 Å². The van der Waals surface area contributed by atoms with Gasteiger partial charge in [0.15, 0.2) is 5.82 Å². The molecule has 0 spiro atoms. The minimum absolute atomic E-state index is 0.0430. The molecule has 1 amide bonds. The van der Waals surface area contributed by atoms with Crippen LogP contribution in [-0.2, 0) is 4.79 Å². The van der Waals surface area contributed by atoms with Crippen LogP contribution in [0.4, 0.5) is 5.69 Å². The van der Waals surface area contributed by atoms with Crippen LogP contribution in [-0.4, -0.2) is 22.6 Å². The summed E-state index contributed by atoms with van der Waals surface area (Å²) in [6.07, 6.45) is 0.361. The summed E-state index contributed by atoms with van der Waals surface area (Å²) in [6.45, 7) is 2.49. The lowest BCUT2D eigenvalue weighted by Crippen LogP contribution is -2.25. The summed E-state index contributed by atoms with van der Waals surface area (Å²) in [5.74, 6) is 0.989. The van der Waals surface area contributed by atoms with Crippen molar-refractivity contribution < 1.29 is 9.32 Å². The molecule has 126 valence electrons. The van der Waals surface area contributed by atoms with Gasteiger partial charge in [0.05, 0.1) is 0 Å². The smallest absolute Gasteiger partial charge is 0.257 e. The van der Waals surface area contributed by atoms with E-state index in [0.717, 1.165) is 16.8 Å². The van der Waals surface area contributed by atoms with Gasteiger partial charge in [-0.3, -0.25) is 4.79 Å². The molecular weight excluding hydrogens is 338 g/mol. The summed E-state index contributed by atoms with van der Waals surface area (Å²) < 4.78 is 5.37. The van der Waals surface area contributed by atoms with Crippen LogP contribution in [0.5, 0.6) is 0 Å². The standard InChI is InChI=1S/C19H16ClN3O2/c1-12-7-8-15(20)10-16(12)23-11-14(9-17(23)24)18-21-19(25-22-18)13-5-3-2-4-6-13/h2-8,10,14H,9,11H2,1H3. The van der Waals surface area contributed by atoms with Crippen LogP contribution < -0.4 is 4.90 Å². The summed E-state index contributed by atoms with van der Waals surface area (Å²) in [7, 11) is 0. The van der Waals surface area contributed by atoms with E-state index in [9.17, 15) is 4.79 Å². The highest BCUT2D eigenvalue weighted by Gasteiger charge is 2.35. The van der Waals surface area contributed by atoms with Crippen LogP contribution in [0.1, 0.15) is 23.7 Å². The van der Waals surface area contributed by atoms with Crippen molar-refractivity contribution in [3.63, 3.8) is 0 Å². The normalized spacial score (nSPS) is 17.3. The molecule has 25 heavy (non-hydrogen) atoms. The lowest BCUT2D eigenvalue weighted by atomic mass is 10.1. The average molecular weight is 354 g/mol. The van der Waals surface area contributed by atoms with Gasteiger partial charge in [0.25, 0.3) is 5.89 Å². The molecule has 2 heterocycles. The van der Waals surface area contributed by atoms with Gasteiger partial charge in [-0.15, -0.1) is 0 Å². The van der Waals surface area contributed by atoms with E-state index in [2.05, 4.69) is 10.1 Å². The Labute approximate surface area is 150 Å². The molecule has 2 aromatic carbocycles. The Morgan fingerprint density at radius 2 is 2.00 bits per heavy atom. The zero-order chi connectivity index (χ0) is 17.4. The van der Waals surface area contributed by atoms with Crippen LogP contribution >= 0.6 is 11.6 Å². The van der Waals surface area contributed by atoms with Crippen LogP contribution in [0.25, 0.3) is 11.5 Å². The fourth-order valence-corrected chi connectivity index (χ4v) is 3.25. The lowest BCUT2D eigenvalue weighted by molar-refractivity contribution is -0.117. The summed E-state index contributed by atoms with van der Waals surface area (Å²) in [5, 5.41) is 4.70. The first kappa shape index (κ1) is 15.8. The predicted molar refractivity (Wildman–Crippen MR) is 95.6 cm³/mol. The molecule has 0 bridgehead atoms. The van der Waals surface area contributed by atoms with Crippen LogP contribution in [0.3, 0.4) is 0 Å². The number of hydrogen-bond acceptors (Lipinski definition) is 4. The Morgan fingerprint density at radius 1 is 1.20 bits per heavy atom. The van der Waals surface area contributed by atoms with Gasteiger partial charge < -0.3 is 9.42 Å². The molecule has 0 radical (unpaired) electrons. The number of hydrogen-bond donors (Lipinski definition) is 0. The number of amides is 1. The van der Waals surface area contributed by atoms with Crippen LogP contribution in [0, 0.1) is 6.92 Å². The van der Waals surface area contributed by atoms with Gasteiger partial charge in [0.2, 0.25) is 5.91 Å². The Hall–Kier alpha value is -2.66. The quantitative estimate of drug-likeness (QED) is 0.707. The number of aryl methyl sites for hydroxylation is 1. The first-order chi connectivity index (χ1) is 12.1. The second-order valence-corrected chi connectivity index (χ2v) is 6.60. The third-order valence-corrected chi connectivity index (χ3v) is 4.65. The van der Waals surface area contributed by atoms with Crippen LogP contribution in [0.2, 0.25) is 5.02 Å². The van der Waals surface area contributed by atoms with Gasteiger partial charge in [0, 0.05) is 35.2 Å². The number of halogens is 1. The van der Waals surface area contributed by atoms with Gasteiger partial charge in [-0.05, 0) is 36.8 Å². The molecule has 1 aromatic heterocycles. The first-order valence-electron chi connectivity index (χ1n) is 8.07. The fraction of sp³-hybridized carbons (Fsp3) is 0.211. The maximum absolute atomic E-state index is 12.5. The molecular formula is C19H16ClN3O2. The summed E-state index contributed by atoms with van der Waals surface area (Å²) in [5.41, 5.74) is 2.72. The molecule has 1 atom stereocenters. The monoisotopic (exact) mass is 353 g/mol. The van der Waals surface area contributed by atoms with Crippen molar-refractivity contribution in [3.8, 4) is 11.5 Å². The van der Waals surface area contributed by atoms with Crippen molar-refractivity contribution in [2.75, 3.05) is 11.4 Å². The maximum atomic E-state index is 12.5. The summed E-state index contributed by atoms with van der Waals surface area (Å²) in [4.78, 5) is 18.7. The molecule has 6 heteroatoms. The largest absolute Gasteiger partial charge is 0.334 e. The first-order valence-corrected chi connectivity index (χ1v) is 8.45. The molecule has 0 saturated carbocycles. The van der Waals surface area contributed by atoms with Gasteiger partial charge in [-0.2, -0.15) is 4.98 Å². The van der Waals surface area contributed by atoms with Crippen molar-refractivity contribution in [1.29, 1.82) is 0 Å². The predicted octanol–water partition coefficient (Wildman–Crippen LogP) is 4.22. The van der Waals surface area contributed by atoms with E-state index in [1.54, 1.807) is 4.90 Å². The number of rotatable bonds is 3.